The fraction of sp³-hybridized carbons (Fsp3) is 0.833. The van der Waals surface area contributed by atoms with Crippen LogP contribution in [0.3, 0.4) is 0 Å². The minimum absolute atomic E-state index is 0.0169. The Bertz CT molecular complexity index is 296. The molecule has 0 aliphatic heterocycles. The summed E-state index contributed by atoms with van der Waals surface area (Å²) in [5.41, 5.74) is 5.96. The van der Waals surface area contributed by atoms with Crippen molar-refractivity contribution in [2.24, 2.45) is 11.7 Å². The predicted octanol–water partition coefficient (Wildman–Crippen LogP) is -0.154. The molecule has 1 rings (SSSR count). The maximum Gasteiger partial charge on any atom is 0.332 e. The highest BCUT2D eigenvalue weighted by Gasteiger charge is 2.26. The SMILES string of the molecule is NC1CCCCCC1C(=O)NCC[C@H](O)C(=O)O. The van der Waals surface area contributed by atoms with Crippen LogP contribution in [0.2, 0.25) is 0 Å². The van der Waals surface area contributed by atoms with Crippen LogP contribution in [0, 0.1) is 5.92 Å². The smallest absolute Gasteiger partial charge is 0.332 e. The van der Waals surface area contributed by atoms with E-state index in [1.807, 2.05) is 0 Å². The predicted molar refractivity (Wildman–Crippen MR) is 65.8 cm³/mol. The number of carboxylic acid groups (broad SMARTS) is 1. The first-order chi connectivity index (χ1) is 8.52. The van der Waals surface area contributed by atoms with Crippen LogP contribution in [0.25, 0.3) is 0 Å². The van der Waals surface area contributed by atoms with Gasteiger partial charge < -0.3 is 21.3 Å². The molecule has 104 valence electrons. The highest BCUT2D eigenvalue weighted by Crippen LogP contribution is 2.22. The van der Waals surface area contributed by atoms with Crippen LogP contribution in [0.1, 0.15) is 38.5 Å². The van der Waals surface area contributed by atoms with Gasteiger partial charge >= 0.3 is 5.97 Å². The van der Waals surface area contributed by atoms with Crippen LogP contribution in [0.15, 0.2) is 0 Å². The van der Waals surface area contributed by atoms with Gasteiger partial charge in [0.2, 0.25) is 5.91 Å². The number of amides is 1. The van der Waals surface area contributed by atoms with Crippen LogP contribution in [-0.2, 0) is 9.59 Å². The zero-order valence-electron chi connectivity index (χ0n) is 10.5. The lowest BCUT2D eigenvalue weighted by molar-refractivity contribution is -0.147. The summed E-state index contributed by atoms with van der Waals surface area (Å²) >= 11 is 0. The largest absolute Gasteiger partial charge is 0.479 e. The number of aliphatic hydroxyl groups is 1. The minimum atomic E-state index is -1.42. The maximum absolute atomic E-state index is 11.9. The second-order valence-electron chi connectivity index (χ2n) is 4.84. The lowest BCUT2D eigenvalue weighted by Gasteiger charge is -2.20. The quantitative estimate of drug-likeness (QED) is 0.512. The van der Waals surface area contributed by atoms with E-state index < -0.39 is 12.1 Å². The van der Waals surface area contributed by atoms with E-state index in [2.05, 4.69) is 5.32 Å². The van der Waals surface area contributed by atoms with Crippen LogP contribution in [0.4, 0.5) is 0 Å². The Morgan fingerprint density at radius 1 is 1.28 bits per heavy atom. The fourth-order valence-electron chi connectivity index (χ4n) is 2.25. The molecule has 0 bridgehead atoms. The molecule has 1 fully saturated rings. The number of hydrogen-bond donors (Lipinski definition) is 4. The Hall–Kier alpha value is -1.14. The van der Waals surface area contributed by atoms with Gasteiger partial charge in [0.15, 0.2) is 6.10 Å². The van der Waals surface area contributed by atoms with E-state index in [1.54, 1.807) is 0 Å². The molecule has 0 aromatic rings. The second kappa shape index (κ2) is 7.33. The van der Waals surface area contributed by atoms with Gasteiger partial charge in [-0.25, -0.2) is 4.79 Å². The summed E-state index contributed by atoms with van der Waals surface area (Å²) in [5.74, 6) is -1.58. The van der Waals surface area contributed by atoms with E-state index in [4.69, 9.17) is 15.9 Å². The molecular formula is C12H22N2O4. The number of aliphatic hydroxyl groups excluding tert-OH is 1. The molecule has 1 aliphatic carbocycles. The monoisotopic (exact) mass is 258 g/mol. The molecule has 6 heteroatoms. The number of nitrogens with one attached hydrogen (secondary N) is 1. The van der Waals surface area contributed by atoms with Gasteiger partial charge in [-0.05, 0) is 12.8 Å². The molecule has 0 spiro atoms. The number of carbonyl (C=O) groups excluding carboxylic acids is 1. The van der Waals surface area contributed by atoms with Gasteiger partial charge in [-0.1, -0.05) is 19.3 Å². The molecule has 0 heterocycles. The van der Waals surface area contributed by atoms with E-state index in [-0.39, 0.29) is 30.8 Å². The van der Waals surface area contributed by atoms with Gasteiger partial charge in [0.25, 0.3) is 0 Å². The first kappa shape index (κ1) is 14.9. The number of hydrogen-bond acceptors (Lipinski definition) is 4. The third-order valence-corrected chi connectivity index (χ3v) is 3.41. The summed E-state index contributed by atoms with van der Waals surface area (Å²) in [7, 11) is 0. The lowest BCUT2D eigenvalue weighted by atomic mass is 9.94. The Morgan fingerprint density at radius 3 is 2.61 bits per heavy atom. The van der Waals surface area contributed by atoms with E-state index >= 15 is 0 Å². The number of nitrogens with two attached hydrogens (primary N) is 1. The summed E-state index contributed by atoms with van der Waals surface area (Å²) in [4.78, 5) is 22.3. The van der Waals surface area contributed by atoms with Crippen molar-refractivity contribution in [2.45, 2.75) is 50.7 Å². The molecule has 2 unspecified atom stereocenters. The van der Waals surface area contributed by atoms with Crippen LogP contribution < -0.4 is 11.1 Å². The molecule has 0 saturated heterocycles. The topological polar surface area (TPSA) is 113 Å². The molecule has 0 aromatic heterocycles. The van der Waals surface area contributed by atoms with Crippen molar-refractivity contribution in [2.75, 3.05) is 6.54 Å². The zero-order valence-corrected chi connectivity index (χ0v) is 10.5. The van der Waals surface area contributed by atoms with Gasteiger partial charge in [-0.2, -0.15) is 0 Å². The molecule has 1 aliphatic rings. The second-order valence-corrected chi connectivity index (χ2v) is 4.84. The van der Waals surface area contributed by atoms with Crippen molar-refractivity contribution in [1.82, 2.24) is 5.32 Å². The number of carbonyl (C=O) groups is 2. The Labute approximate surface area is 107 Å². The Morgan fingerprint density at radius 2 is 1.94 bits per heavy atom. The first-order valence-electron chi connectivity index (χ1n) is 6.46. The standard InChI is InChI=1S/C12H22N2O4/c13-9-5-3-1-2-4-8(9)11(16)14-7-6-10(15)12(17)18/h8-10,15H,1-7,13H2,(H,14,16)(H,17,18)/t8?,9?,10-/m0/s1. The normalized spacial score (nSPS) is 26.1. The molecule has 6 nitrogen and oxygen atoms in total. The van der Waals surface area contributed by atoms with Crippen molar-refractivity contribution in [1.29, 1.82) is 0 Å². The summed E-state index contributed by atoms with van der Waals surface area (Å²) in [5, 5.41) is 20.2. The first-order valence-corrected chi connectivity index (χ1v) is 6.46. The molecule has 1 saturated carbocycles. The lowest BCUT2D eigenvalue weighted by Crippen LogP contribution is -2.42. The molecule has 5 N–H and O–H groups in total. The van der Waals surface area contributed by atoms with Crippen LogP contribution in [0.5, 0.6) is 0 Å². The molecule has 0 radical (unpaired) electrons. The zero-order chi connectivity index (χ0) is 13.5. The molecule has 0 aromatic carbocycles. The molecule has 18 heavy (non-hydrogen) atoms. The van der Waals surface area contributed by atoms with Crippen molar-refractivity contribution in [3.63, 3.8) is 0 Å². The van der Waals surface area contributed by atoms with Gasteiger partial charge in [0.05, 0.1) is 5.92 Å². The van der Waals surface area contributed by atoms with Gasteiger partial charge in [0, 0.05) is 19.0 Å². The number of carboxylic acids is 1. The van der Waals surface area contributed by atoms with E-state index in [1.165, 1.54) is 0 Å². The van der Waals surface area contributed by atoms with Crippen molar-refractivity contribution in [3.8, 4) is 0 Å². The van der Waals surface area contributed by atoms with Crippen molar-refractivity contribution >= 4 is 11.9 Å². The van der Waals surface area contributed by atoms with Gasteiger partial charge in [-0.15, -0.1) is 0 Å². The molecule has 1 amide bonds. The highest BCUT2D eigenvalue weighted by molar-refractivity contribution is 5.79. The maximum atomic E-state index is 11.9. The summed E-state index contributed by atoms with van der Waals surface area (Å²) in [6, 6.07) is -0.114. The van der Waals surface area contributed by atoms with Crippen LogP contribution >= 0.6 is 0 Å². The Kier molecular flexibility index (Phi) is 6.07. The molecule has 3 atom stereocenters. The number of aliphatic carboxylic acids is 1. The van der Waals surface area contributed by atoms with Gasteiger partial charge in [0.1, 0.15) is 0 Å². The highest BCUT2D eigenvalue weighted by atomic mass is 16.4. The van der Waals surface area contributed by atoms with E-state index in [0.29, 0.717) is 0 Å². The Balaban J connectivity index is 2.32. The van der Waals surface area contributed by atoms with Crippen molar-refractivity contribution < 1.29 is 19.8 Å². The van der Waals surface area contributed by atoms with Gasteiger partial charge in [-0.3, -0.25) is 4.79 Å². The van der Waals surface area contributed by atoms with Crippen molar-refractivity contribution in [3.05, 3.63) is 0 Å². The molecular weight excluding hydrogens is 236 g/mol. The average Bonchev–Trinajstić information content (AvgIpc) is 2.53. The summed E-state index contributed by atoms with van der Waals surface area (Å²) in [6.07, 6.45) is 3.41. The van der Waals surface area contributed by atoms with E-state index in [9.17, 15) is 9.59 Å². The third kappa shape index (κ3) is 4.62. The summed E-state index contributed by atoms with van der Waals surface area (Å²) in [6.45, 7) is 0.162. The third-order valence-electron chi connectivity index (χ3n) is 3.41. The summed E-state index contributed by atoms with van der Waals surface area (Å²) < 4.78 is 0. The minimum Gasteiger partial charge on any atom is -0.479 e. The van der Waals surface area contributed by atoms with E-state index in [0.717, 1.165) is 32.1 Å². The number of rotatable bonds is 5. The van der Waals surface area contributed by atoms with Crippen LogP contribution in [-0.4, -0.2) is 40.8 Å². The fourth-order valence-corrected chi connectivity index (χ4v) is 2.25. The average molecular weight is 258 g/mol.